The second kappa shape index (κ2) is 10.7. The summed E-state index contributed by atoms with van der Waals surface area (Å²) in [4.78, 5) is 44.0. The van der Waals surface area contributed by atoms with Gasteiger partial charge in [0.2, 0.25) is 5.91 Å². The minimum absolute atomic E-state index is 0.121. The van der Waals surface area contributed by atoms with E-state index in [0.29, 0.717) is 23.6 Å². The van der Waals surface area contributed by atoms with Gasteiger partial charge >= 0.3 is 5.69 Å². The maximum atomic E-state index is 13.5. The monoisotopic (exact) mass is 502 g/mol. The molecule has 9 nitrogen and oxygen atoms in total. The fourth-order valence-corrected chi connectivity index (χ4v) is 4.56. The van der Waals surface area contributed by atoms with Gasteiger partial charge < -0.3 is 14.8 Å². The molecule has 0 bridgehead atoms. The summed E-state index contributed by atoms with van der Waals surface area (Å²) in [5.74, 6) is 0.771. The first-order chi connectivity index (χ1) is 17.7. The lowest BCUT2D eigenvalue weighted by Crippen LogP contribution is -2.42. The number of fused-ring (bicyclic) bond motifs is 1. The maximum Gasteiger partial charge on any atom is 0.333 e. The first kappa shape index (κ1) is 25.7. The molecule has 1 amide bonds. The van der Waals surface area contributed by atoms with Crippen LogP contribution >= 0.6 is 0 Å². The molecule has 0 aliphatic carbocycles. The topological polar surface area (TPSA) is 104 Å². The number of carbonyl (C=O) groups excluding carboxylic acids is 1. The lowest BCUT2D eigenvalue weighted by molar-refractivity contribution is -0.116. The van der Waals surface area contributed by atoms with Gasteiger partial charge in [0.25, 0.3) is 5.56 Å². The number of ether oxygens (including phenoxy) is 2. The van der Waals surface area contributed by atoms with Gasteiger partial charge in [-0.3, -0.25) is 18.7 Å². The Bertz CT molecular complexity index is 1580. The minimum atomic E-state index is -0.593. The van der Waals surface area contributed by atoms with Crippen LogP contribution in [0, 0.1) is 20.8 Å². The molecule has 0 aliphatic heterocycles. The van der Waals surface area contributed by atoms with Crippen LogP contribution in [-0.4, -0.2) is 34.2 Å². The van der Waals surface area contributed by atoms with Crippen LogP contribution in [-0.2, 0) is 24.3 Å². The van der Waals surface area contributed by atoms with Gasteiger partial charge in [-0.25, -0.2) is 9.78 Å². The van der Waals surface area contributed by atoms with Gasteiger partial charge in [0, 0.05) is 18.4 Å². The summed E-state index contributed by atoms with van der Waals surface area (Å²) in [7, 11) is 3.10. The first-order valence-corrected chi connectivity index (χ1v) is 11.9. The van der Waals surface area contributed by atoms with E-state index < -0.39 is 11.2 Å². The molecule has 2 aromatic heterocycles. The molecule has 0 saturated heterocycles. The SMILES string of the molecule is COc1ccc(CCn2c(=O)c3cccnc3n(CC(=O)Nc3c(C)cc(C)cc3C)c2=O)cc1OC. The van der Waals surface area contributed by atoms with Crippen molar-refractivity contribution >= 4 is 22.6 Å². The lowest BCUT2D eigenvalue weighted by Gasteiger charge is -2.16. The summed E-state index contributed by atoms with van der Waals surface area (Å²) in [6.07, 6.45) is 1.90. The average Bonchev–Trinajstić information content (AvgIpc) is 2.88. The number of benzene rings is 2. The molecule has 0 unspecified atom stereocenters. The number of pyridine rings is 1. The smallest absolute Gasteiger partial charge is 0.333 e. The van der Waals surface area contributed by atoms with Gasteiger partial charge in [-0.05, 0) is 68.1 Å². The number of aromatic nitrogens is 3. The van der Waals surface area contributed by atoms with Crippen LogP contribution in [0.1, 0.15) is 22.3 Å². The van der Waals surface area contributed by atoms with Gasteiger partial charge in [0.05, 0.1) is 19.6 Å². The van der Waals surface area contributed by atoms with Crippen LogP contribution in [0.3, 0.4) is 0 Å². The summed E-state index contributed by atoms with van der Waals surface area (Å²) in [6.45, 7) is 5.68. The van der Waals surface area contributed by atoms with Crippen LogP contribution in [0.15, 0.2) is 58.3 Å². The highest BCUT2D eigenvalue weighted by Gasteiger charge is 2.17. The molecule has 0 fully saturated rings. The van der Waals surface area contributed by atoms with Crippen molar-refractivity contribution in [2.24, 2.45) is 0 Å². The van der Waals surface area contributed by atoms with Crippen LogP contribution in [0.4, 0.5) is 5.69 Å². The third kappa shape index (κ3) is 5.25. The lowest BCUT2D eigenvalue weighted by atomic mass is 10.1. The number of nitrogens with one attached hydrogen (secondary N) is 1. The third-order valence-corrected chi connectivity index (χ3v) is 6.29. The van der Waals surface area contributed by atoms with Crippen molar-refractivity contribution in [3.05, 3.63) is 91.8 Å². The Balaban J connectivity index is 1.68. The predicted octanol–water partition coefficient (Wildman–Crippen LogP) is 3.38. The van der Waals surface area contributed by atoms with E-state index in [-0.39, 0.29) is 30.0 Å². The zero-order chi connectivity index (χ0) is 26.7. The van der Waals surface area contributed by atoms with Crippen molar-refractivity contribution < 1.29 is 14.3 Å². The molecule has 0 aliphatic rings. The number of hydrogen-bond acceptors (Lipinski definition) is 6. The van der Waals surface area contributed by atoms with Crippen LogP contribution < -0.4 is 26.0 Å². The molecule has 0 spiro atoms. The second-order valence-electron chi connectivity index (χ2n) is 8.96. The highest BCUT2D eigenvalue weighted by molar-refractivity contribution is 5.93. The molecule has 37 heavy (non-hydrogen) atoms. The maximum absolute atomic E-state index is 13.5. The van der Waals surface area contributed by atoms with Crippen LogP contribution in [0.25, 0.3) is 11.0 Å². The summed E-state index contributed by atoms with van der Waals surface area (Å²) in [6, 6.07) is 12.7. The molecule has 0 saturated carbocycles. The fraction of sp³-hybridized carbons (Fsp3) is 0.286. The van der Waals surface area contributed by atoms with Gasteiger partial charge in [-0.15, -0.1) is 0 Å². The summed E-state index contributed by atoms with van der Waals surface area (Å²) < 4.78 is 13.0. The molecule has 9 heteroatoms. The normalized spacial score (nSPS) is 10.9. The van der Waals surface area contributed by atoms with Crippen LogP contribution in [0.2, 0.25) is 0 Å². The first-order valence-electron chi connectivity index (χ1n) is 11.9. The van der Waals surface area contributed by atoms with E-state index in [2.05, 4.69) is 10.3 Å². The molecule has 192 valence electrons. The number of methoxy groups -OCH3 is 2. The van der Waals surface area contributed by atoms with Gasteiger partial charge in [-0.1, -0.05) is 23.8 Å². The molecule has 1 N–H and O–H groups in total. The molecule has 4 aromatic rings. The summed E-state index contributed by atoms with van der Waals surface area (Å²) >= 11 is 0. The number of anilines is 1. The zero-order valence-corrected chi connectivity index (χ0v) is 21.6. The fourth-order valence-electron chi connectivity index (χ4n) is 4.56. The Kier molecular flexibility index (Phi) is 7.42. The van der Waals surface area contributed by atoms with E-state index in [1.807, 2.05) is 45.0 Å². The average molecular weight is 503 g/mol. The third-order valence-electron chi connectivity index (χ3n) is 6.29. The highest BCUT2D eigenvalue weighted by Crippen LogP contribution is 2.27. The standard InChI is InChI=1S/C28H30N4O5/c1-17-13-18(2)25(19(3)14-17)30-24(33)16-32-26-21(7-6-11-29-26)27(34)31(28(32)35)12-10-20-8-9-22(36-4)23(15-20)37-5/h6-9,11,13-15H,10,12,16H2,1-5H3,(H,30,33). The predicted molar refractivity (Wildman–Crippen MR) is 143 cm³/mol. The van der Waals surface area contributed by atoms with E-state index in [9.17, 15) is 14.4 Å². The number of carbonyl (C=O) groups is 1. The van der Waals surface area contributed by atoms with Crippen molar-refractivity contribution in [3.63, 3.8) is 0 Å². The largest absolute Gasteiger partial charge is 0.493 e. The minimum Gasteiger partial charge on any atom is -0.493 e. The number of amides is 1. The molecular formula is C28H30N4O5. The Hall–Kier alpha value is -4.40. The van der Waals surface area contributed by atoms with Gasteiger partial charge in [0.15, 0.2) is 11.5 Å². The van der Waals surface area contributed by atoms with E-state index in [0.717, 1.165) is 26.8 Å². The highest BCUT2D eigenvalue weighted by atomic mass is 16.5. The molecule has 2 heterocycles. The van der Waals surface area contributed by atoms with E-state index in [4.69, 9.17) is 9.47 Å². The summed E-state index contributed by atoms with van der Waals surface area (Å²) in [5.41, 5.74) is 3.67. The molecule has 2 aromatic carbocycles. The zero-order valence-electron chi connectivity index (χ0n) is 21.6. The van der Waals surface area contributed by atoms with Crippen molar-refractivity contribution in [3.8, 4) is 11.5 Å². The number of rotatable bonds is 8. The Morgan fingerprint density at radius 1 is 0.946 bits per heavy atom. The number of nitrogens with zero attached hydrogens (tertiary/aromatic N) is 3. The quantitative estimate of drug-likeness (QED) is 0.396. The second-order valence-corrected chi connectivity index (χ2v) is 8.96. The molecule has 0 radical (unpaired) electrons. The van der Waals surface area contributed by atoms with Gasteiger partial charge in [-0.2, -0.15) is 0 Å². The van der Waals surface area contributed by atoms with E-state index >= 15 is 0 Å². The van der Waals surface area contributed by atoms with Crippen molar-refractivity contribution in [1.29, 1.82) is 0 Å². The Labute approximate surface area is 214 Å². The van der Waals surface area contributed by atoms with Crippen molar-refractivity contribution in [1.82, 2.24) is 14.1 Å². The number of hydrogen-bond donors (Lipinski definition) is 1. The Morgan fingerprint density at radius 3 is 2.32 bits per heavy atom. The van der Waals surface area contributed by atoms with Gasteiger partial charge in [0.1, 0.15) is 12.2 Å². The van der Waals surface area contributed by atoms with Crippen LogP contribution in [0.5, 0.6) is 11.5 Å². The summed E-state index contributed by atoms with van der Waals surface area (Å²) in [5, 5.41) is 3.19. The van der Waals surface area contributed by atoms with Crippen molar-refractivity contribution in [2.75, 3.05) is 19.5 Å². The molecule has 4 rings (SSSR count). The van der Waals surface area contributed by atoms with E-state index in [1.165, 1.54) is 10.8 Å². The number of aryl methyl sites for hydroxylation is 4. The van der Waals surface area contributed by atoms with E-state index in [1.54, 1.807) is 32.4 Å². The Morgan fingerprint density at radius 2 is 1.65 bits per heavy atom. The van der Waals surface area contributed by atoms with Crippen molar-refractivity contribution in [2.45, 2.75) is 40.3 Å². The molecule has 0 atom stereocenters. The molecular weight excluding hydrogens is 472 g/mol.